The second-order valence-corrected chi connectivity index (χ2v) is 5.24. The van der Waals surface area contributed by atoms with Crippen LogP contribution in [0.3, 0.4) is 0 Å². The molecule has 2 aromatic rings. The molecular weight excluding hydrogens is 233 g/mol. The molecule has 1 heterocycles. The minimum Gasteiger partial charge on any atom is -0.481 e. The van der Waals surface area contributed by atoms with Crippen LogP contribution in [0.2, 0.25) is 0 Å². The predicted octanol–water partition coefficient (Wildman–Crippen LogP) is 3.37. The monoisotopic (exact) mass is 249 g/mol. The molecule has 1 aromatic carbocycles. The Morgan fingerprint density at radius 2 is 2.11 bits per heavy atom. The molecule has 0 amide bonds. The first-order chi connectivity index (χ1) is 8.33. The first-order valence-corrected chi connectivity index (χ1v) is 5.82. The largest absolute Gasteiger partial charge is 0.481 e. The molecule has 18 heavy (non-hydrogen) atoms. The predicted molar refractivity (Wildman–Crippen MR) is 68.3 cm³/mol. The fourth-order valence-electron chi connectivity index (χ4n) is 2.65. The summed E-state index contributed by atoms with van der Waals surface area (Å²) in [4.78, 5) is 13.9. The number of hydrogen-bond donors (Lipinski definition) is 2. The number of nitrogens with one attached hydrogen (secondary N) is 1. The summed E-state index contributed by atoms with van der Waals surface area (Å²) >= 11 is 0. The van der Waals surface area contributed by atoms with Gasteiger partial charge in [0, 0.05) is 16.5 Å². The first-order valence-electron chi connectivity index (χ1n) is 5.82. The molecule has 1 aromatic heterocycles. The van der Waals surface area contributed by atoms with E-state index in [0.717, 1.165) is 16.6 Å². The zero-order chi connectivity index (χ0) is 13.5. The van der Waals surface area contributed by atoms with Gasteiger partial charge in [-0.15, -0.1) is 0 Å². The summed E-state index contributed by atoms with van der Waals surface area (Å²) in [6.45, 7) is 5.57. The Morgan fingerprint density at radius 3 is 2.72 bits per heavy atom. The quantitative estimate of drug-likeness (QED) is 0.876. The molecule has 4 heteroatoms. The lowest BCUT2D eigenvalue weighted by molar-refractivity contribution is -0.138. The van der Waals surface area contributed by atoms with Crippen LogP contribution in [0.25, 0.3) is 10.9 Å². The average Bonchev–Trinajstić information content (AvgIpc) is 2.54. The lowest BCUT2D eigenvalue weighted by atomic mass is 9.80. The van der Waals surface area contributed by atoms with Crippen LogP contribution in [0, 0.1) is 12.7 Å². The molecule has 0 fully saturated rings. The van der Waals surface area contributed by atoms with Crippen LogP contribution in [0.4, 0.5) is 4.39 Å². The number of rotatable bonds is 3. The van der Waals surface area contributed by atoms with Crippen LogP contribution in [0.15, 0.2) is 18.2 Å². The normalized spacial score (nSPS) is 12.0. The second kappa shape index (κ2) is 4.12. The van der Waals surface area contributed by atoms with Crippen LogP contribution < -0.4 is 0 Å². The van der Waals surface area contributed by atoms with Gasteiger partial charge in [0.1, 0.15) is 5.82 Å². The van der Waals surface area contributed by atoms with Crippen LogP contribution in [-0.4, -0.2) is 16.1 Å². The highest BCUT2D eigenvalue weighted by Crippen LogP contribution is 2.36. The smallest absolute Gasteiger partial charge is 0.304 e. The van der Waals surface area contributed by atoms with Crippen molar-refractivity contribution in [2.75, 3.05) is 0 Å². The number of halogens is 1. The SMILES string of the molecule is Cc1[nH]c2c(F)cccc2c1C(C)(C)CC(=O)O. The van der Waals surface area contributed by atoms with Crippen molar-refractivity contribution < 1.29 is 14.3 Å². The zero-order valence-corrected chi connectivity index (χ0v) is 10.7. The van der Waals surface area contributed by atoms with Gasteiger partial charge in [-0.05, 0) is 18.6 Å². The van der Waals surface area contributed by atoms with E-state index in [4.69, 9.17) is 5.11 Å². The number of aliphatic carboxylic acids is 1. The van der Waals surface area contributed by atoms with Crippen LogP contribution >= 0.6 is 0 Å². The van der Waals surface area contributed by atoms with E-state index in [1.807, 2.05) is 26.8 Å². The third-order valence-corrected chi connectivity index (χ3v) is 3.24. The summed E-state index contributed by atoms with van der Waals surface area (Å²) < 4.78 is 13.7. The molecule has 2 N–H and O–H groups in total. The van der Waals surface area contributed by atoms with E-state index < -0.39 is 11.4 Å². The third kappa shape index (κ3) is 1.98. The number of aromatic amines is 1. The first kappa shape index (κ1) is 12.6. The second-order valence-electron chi connectivity index (χ2n) is 5.24. The van der Waals surface area contributed by atoms with Crippen molar-refractivity contribution >= 4 is 16.9 Å². The van der Waals surface area contributed by atoms with Crippen molar-refractivity contribution in [2.24, 2.45) is 0 Å². The number of benzene rings is 1. The highest BCUT2D eigenvalue weighted by atomic mass is 19.1. The number of hydrogen-bond acceptors (Lipinski definition) is 1. The Labute approximate surface area is 105 Å². The Bertz CT molecular complexity index is 614. The van der Waals surface area contributed by atoms with Crippen molar-refractivity contribution in [3.8, 4) is 0 Å². The van der Waals surface area contributed by atoms with Gasteiger partial charge in [0.25, 0.3) is 0 Å². The van der Waals surface area contributed by atoms with Gasteiger partial charge in [-0.3, -0.25) is 4.79 Å². The number of carboxylic acids is 1. The average molecular weight is 249 g/mol. The highest BCUT2D eigenvalue weighted by molar-refractivity contribution is 5.87. The maximum absolute atomic E-state index is 13.7. The molecule has 0 saturated heterocycles. The molecule has 0 atom stereocenters. The zero-order valence-electron chi connectivity index (χ0n) is 10.7. The van der Waals surface area contributed by atoms with Crippen molar-refractivity contribution in [1.82, 2.24) is 4.98 Å². The Balaban J connectivity index is 2.67. The van der Waals surface area contributed by atoms with E-state index in [1.54, 1.807) is 6.07 Å². The fraction of sp³-hybridized carbons (Fsp3) is 0.357. The van der Waals surface area contributed by atoms with E-state index in [2.05, 4.69) is 4.98 Å². The minimum absolute atomic E-state index is 0.0112. The summed E-state index contributed by atoms with van der Waals surface area (Å²) in [6, 6.07) is 4.86. The molecule has 0 radical (unpaired) electrons. The number of carboxylic acid groups (broad SMARTS) is 1. The molecule has 0 saturated carbocycles. The van der Waals surface area contributed by atoms with E-state index in [1.165, 1.54) is 6.07 Å². The Kier molecular flexibility index (Phi) is 2.89. The molecule has 96 valence electrons. The van der Waals surface area contributed by atoms with Crippen molar-refractivity contribution in [2.45, 2.75) is 32.6 Å². The van der Waals surface area contributed by atoms with Gasteiger partial charge in [-0.2, -0.15) is 0 Å². The summed E-state index contributed by atoms with van der Waals surface area (Å²) in [6.07, 6.45) is 0.0112. The van der Waals surface area contributed by atoms with E-state index in [-0.39, 0.29) is 12.2 Å². The molecule has 0 aliphatic rings. The summed E-state index contributed by atoms with van der Waals surface area (Å²) in [7, 11) is 0. The van der Waals surface area contributed by atoms with E-state index >= 15 is 0 Å². The number of carbonyl (C=O) groups is 1. The number of fused-ring (bicyclic) bond motifs is 1. The van der Waals surface area contributed by atoms with Crippen LogP contribution in [-0.2, 0) is 10.2 Å². The maximum atomic E-state index is 13.7. The molecule has 2 rings (SSSR count). The third-order valence-electron chi connectivity index (χ3n) is 3.24. The lowest BCUT2D eigenvalue weighted by Crippen LogP contribution is -2.22. The molecular formula is C14H16FNO2. The van der Waals surface area contributed by atoms with Crippen LogP contribution in [0.5, 0.6) is 0 Å². The number of aromatic nitrogens is 1. The summed E-state index contributed by atoms with van der Waals surface area (Å²) in [5.41, 5.74) is 1.60. The summed E-state index contributed by atoms with van der Waals surface area (Å²) in [5.74, 6) is -1.17. The molecule has 3 nitrogen and oxygen atoms in total. The minimum atomic E-state index is -0.856. The van der Waals surface area contributed by atoms with Crippen molar-refractivity contribution in [1.29, 1.82) is 0 Å². The van der Waals surface area contributed by atoms with Gasteiger partial charge < -0.3 is 10.1 Å². The van der Waals surface area contributed by atoms with Crippen LogP contribution in [0.1, 0.15) is 31.5 Å². The van der Waals surface area contributed by atoms with Gasteiger partial charge >= 0.3 is 5.97 Å². The van der Waals surface area contributed by atoms with Gasteiger partial charge in [0.15, 0.2) is 0 Å². The lowest BCUT2D eigenvalue weighted by Gasteiger charge is -2.23. The summed E-state index contributed by atoms with van der Waals surface area (Å²) in [5, 5.41) is 9.74. The molecule has 0 unspecified atom stereocenters. The van der Waals surface area contributed by atoms with Crippen molar-refractivity contribution in [3.05, 3.63) is 35.3 Å². The van der Waals surface area contributed by atoms with Gasteiger partial charge in [-0.25, -0.2) is 4.39 Å². The molecule has 0 aliphatic carbocycles. The molecule has 0 aliphatic heterocycles. The number of para-hydroxylation sites is 1. The Hall–Kier alpha value is -1.84. The Morgan fingerprint density at radius 1 is 1.44 bits per heavy atom. The van der Waals surface area contributed by atoms with Gasteiger partial charge in [0.05, 0.1) is 11.9 Å². The molecule has 0 bridgehead atoms. The fourth-order valence-corrected chi connectivity index (χ4v) is 2.65. The topological polar surface area (TPSA) is 53.1 Å². The number of aryl methyl sites for hydroxylation is 1. The van der Waals surface area contributed by atoms with Gasteiger partial charge in [0.2, 0.25) is 0 Å². The highest BCUT2D eigenvalue weighted by Gasteiger charge is 2.29. The number of H-pyrrole nitrogens is 1. The molecule has 0 spiro atoms. The van der Waals surface area contributed by atoms with Crippen molar-refractivity contribution in [3.63, 3.8) is 0 Å². The van der Waals surface area contributed by atoms with E-state index in [9.17, 15) is 9.18 Å². The standard InChI is InChI=1S/C14H16FNO2/c1-8-12(14(2,3)7-11(17)18)9-5-4-6-10(15)13(9)16-8/h4-6,16H,7H2,1-3H3,(H,17,18). The van der Waals surface area contributed by atoms with Gasteiger partial charge in [-0.1, -0.05) is 26.0 Å². The van der Waals surface area contributed by atoms with E-state index in [0.29, 0.717) is 5.52 Å². The maximum Gasteiger partial charge on any atom is 0.304 e.